The molecule has 0 spiro atoms. The molecule has 29 heavy (non-hydrogen) atoms. The highest BCUT2D eigenvalue weighted by Gasteiger charge is 2.60. The van der Waals surface area contributed by atoms with Crippen LogP contribution in [0.1, 0.15) is 46.2 Å². The van der Waals surface area contributed by atoms with E-state index in [2.05, 4.69) is 15.0 Å². The molecule has 2 aliphatic rings. The molecule has 0 unspecified atom stereocenters. The number of H-pyrrole nitrogens is 1. The fourth-order valence-electron chi connectivity index (χ4n) is 4.12. The van der Waals surface area contributed by atoms with E-state index in [1.807, 2.05) is 13.8 Å². The van der Waals surface area contributed by atoms with Gasteiger partial charge in [0.2, 0.25) is 0 Å². The number of fused-ring (bicyclic) bond motifs is 2. The Bertz CT molecular complexity index is 940. The van der Waals surface area contributed by atoms with Gasteiger partial charge in [0.25, 0.3) is 0 Å². The lowest BCUT2D eigenvalue weighted by molar-refractivity contribution is -0.168. The third-order valence-corrected chi connectivity index (χ3v) is 5.35. The molecule has 4 atom stereocenters. The van der Waals surface area contributed by atoms with Crippen LogP contribution in [0.3, 0.4) is 0 Å². The Morgan fingerprint density at radius 3 is 2.69 bits per heavy atom. The van der Waals surface area contributed by atoms with Crippen LogP contribution in [0.2, 0.25) is 5.15 Å². The number of rotatable bonds is 2. The number of aliphatic hydroxyl groups is 1. The Hall–Kier alpha value is -1.94. The molecule has 0 aliphatic carbocycles. The summed E-state index contributed by atoms with van der Waals surface area (Å²) in [7, 11) is 0. The molecule has 2 N–H and O–H groups in total. The van der Waals surface area contributed by atoms with Gasteiger partial charge in [-0.3, -0.25) is 4.90 Å². The van der Waals surface area contributed by atoms with E-state index in [1.165, 1.54) is 11.2 Å². The molecule has 4 rings (SSSR count). The average Bonchev–Trinajstić information content (AvgIpc) is 3.22. The molecule has 0 saturated carbocycles. The van der Waals surface area contributed by atoms with Gasteiger partial charge in [0.05, 0.1) is 24.2 Å². The Kier molecular flexibility index (Phi) is 4.77. The second kappa shape index (κ2) is 6.80. The second-order valence-electron chi connectivity index (χ2n) is 8.78. The highest BCUT2D eigenvalue weighted by atomic mass is 35.5. The number of aromatic amines is 1. The Morgan fingerprint density at radius 1 is 1.34 bits per heavy atom. The molecule has 2 aromatic rings. The highest BCUT2D eigenvalue weighted by molar-refractivity contribution is 6.33. The van der Waals surface area contributed by atoms with Crippen LogP contribution < -0.4 is 0 Å². The molecule has 1 amide bonds. The number of nitrogens with one attached hydrogen (secondary N) is 1. The fourth-order valence-corrected chi connectivity index (χ4v) is 4.31. The van der Waals surface area contributed by atoms with Crippen LogP contribution >= 0.6 is 11.6 Å². The summed E-state index contributed by atoms with van der Waals surface area (Å²) in [5.41, 5.74) is 1.14. The third kappa shape index (κ3) is 3.46. The molecule has 4 heterocycles. The van der Waals surface area contributed by atoms with Crippen molar-refractivity contribution in [1.29, 1.82) is 0 Å². The third-order valence-electron chi connectivity index (χ3n) is 5.07. The number of aliphatic hydroxyl groups excluding tert-OH is 1. The summed E-state index contributed by atoms with van der Waals surface area (Å²) in [6, 6.07) is -1.22. The number of aromatic nitrogens is 3. The van der Waals surface area contributed by atoms with Crippen LogP contribution in [-0.2, 0) is 14.2 Å². The normalized spacial score (nSPS) is 28.7. The second-order valence-corrected chi connectivity index (χ2v) is 9.14. The first-order valence-corrected chi connectivity index (χ1v) is 9.85. The number of nitrogens with zero attached hydrogens (tertiary/aromatic N) is 3. The molecule has 2 saturated heterocycles. The fraction of sp³-hybridized carbons (Fsp3) is 0.632. The summed E-state index contributed by atoms with van der Waals surface area (Å²) in [5.74, 6) is -0.847. The van der Waals surface area contributed by atoms with Gasteiger partial charge < -0.3 is 24.3 Å². The number of halogens is 1. The molecule has 2 aromatic heterocycles. The minimum Gasteiger partial charge on any atom is -0.444 e. The zero-order valence-electron chi connectivity index (χ0n) is 17.0. The number of likely N-dealkylation sites (tertiary alicyclic amines) is 1. The average molecular weight is 425 g/mol. The first-order valence-electron chi connectivity index (χ1n) is 9.48. The van der Waals surface area contributed by atoms with Crippen molar-refractivity contribution in [1.82, 2.24) is 19.9 Å². The van der Waals surface area contributed by atoms with E-state index < -0.39 is 41.8 Å². The predicted molar refractivity (Wildman–Crippen MR) is 104 cm³/mol. The zero-order chi connectivity index (χ0) is 21.1. The lowest BCUT2D eigenvalue weighted by atomic mass is 10.0. The van der Waals surface area contributed by atoms with Crippen LogP contribution in [0.4, 0.5) is 4.79 Å². The van der Waals surface area contributed by atoms with Gasteiger partial charge in [-0.15, -0.1) is 0 Å². The van der Waals surface area contributed by atoms with Crippen molar-refractivity contribution in [2.75, 3.05) is 6.61 Å². The number of hydrogen-bond acceptors (Lipinski definition) is 7. The lowest BCUT2D eigenvalue weighted by Gasteiger charge is -2.34. The molecule has 10 heteroatoms. The number of hydrogen-bond donors (Lipinski definition) is 2. The lowest BCUT2D eigenvalue weighted by Crippen LogP contribution is -2.47. The minimum atomic E-state index is -0.847. The maximum absolute atomic E-state index is 13.1. The van der Waals surface area contributed by atoms with Crippen molar-refractivity contribution in [2.24, 2.45) is 0 Å². The molecule has 0 bridgehead atoms. The largest absolute Gasteiger partial charge is 0.444 e. The summed E-state index contributed by atoms with van der Waals surface area (Å²) in [5, 5.41) is 10.4. The van der Waals surface area contributed by atoms with E-state index in [0.29, 0.717) is 16.6 Å². The van der Waals surface area contributed by atoms with E-state index >= 15 is 0 Å². The van der Waals surface area contributed by atoms with Gasteiger partial charge in [0.15, 0.2) is 10.9 Å². The standard InChI is InChI=1S/C19H25ClN4O5/c1-18(2,3)29-17(26)24-10(7-25)14-15(28-19(4,5)27-14)13(24)9-6-21-12-11(9)22-8-23-16(12)20/h6,8,10,13-15,21,25H,7H2,1-5H3/t10-,13-,14-,15+/m1/s1. The molecule has 2 aliphatic heterocycles. The highest BCUT2D eigenvalue weighted by Crippen LogP contribution is 2.48. The van der Waals surface area contributed by atoms with Gasteiger partial charge in [-0.1, -0.05) is 11.6 Å². The molecule has 9 nitrogen and oxygen atoms in total. The maximum atomic E-state index is 13.1. The minimum absolute atomic E-state index is 0.280. The van der Waals surface area contributed by atoms with Crippen molar-refractivity contribution in [3.8, 4) is 0 Å². The van der Waals surface area contributed by atoms with Crippen LogP contribution in [0.5, 0.6) is 0 Å². The molecular formula is C19H25ClN4O5. The van der Waals surface area contributed by atoms with Crippen molar-refractivity contribution in [3.05, 3.63) is 23.2 Å². The summed E-state index contributed by atoms with van der Waals surface area (Å²) < 4.78 is 17.8. The molecule has 158 valence electrons. The van der Waals surface area contributed by atoms with Crippen molar-refractivity contribution < 1.29 is 24.1 Å². The molecular weight excluding hydrogens is 400 g/mol. The number of carbonyl (C=O) groups is 1. The van der Waals surface area contributed by atoms with Gasteiger partial charge in [-0.2, -0.15) is 0 Å². The van der Waals surface area contributed by atoms with Crippen molar-refractivity contribution in [3.63, 3.8) is 0 Å². The van der Waals surface area contributed by atoms with Crippen LogP contribution in [0.25, 0.3) is 11.0 Å². The summed E-state index contributed by atoms with van der Waals surface area (Å²) in [6.45, 7) is 8.69. The Balaban J connectivity index is 1.83. The first-order chi connectivity index (χ1) is 13.5. The maximum Gasteiger partial charge on any atom is 0.411 e. The first kappa shape index (κ1) is 20.3. The Labute approximate surface area is 173 Å². The van der Waals surface area contributed by atoms with E-state index in [0.717, 1.165) is 0 Å². The predicted octanol–water partition coefficient (Wildman–Crippen LogP) is 2.78. The van der Waals surface area contributed by atoms with Crippen molar-refractivity contribution in [2.45, 2.75) is 70.3 Å². The van der Waals surface area contributed by atoms with Gasteiger partial charge in [0, 0.05) is 11.8 Å². The number of amides is 1. The monoisotopic (exact) mass is 424 g/mol. The summed E-state index contributed by atoms with van der Waals surface area (Å²) in [6.07, 6.45) is 1.51. The van der Waals surface area contributed by atoms with E-state index in [1.54, 1.807) is 27.0 Å². The van der Waals surface area contributed by atoms with E-state index in [-0.39, 0.29) is 11.8 Å². The molecule has 0 radical (unpaired) electrons. The van der Waals surface area contributed by atoms with Gasteiger partial charge in [-0.25, -0.2) is 14.8 Å². The topological polar surface area (TPSA) is 110 Å². The van der Waals surface area contributed by atoms with E-state index in [4.69, 9.17) is 25.8 Å². The summed E-state index contributed by atoms with van der Waals surface area (Å²) >= 11 is 6.19. The van der Waals surface area contributed by atoms with Gasteiger partial charge in [0.1, 0.15) is 29.7 Å². The quantitative estimate of drug-likeness (QED) is 0.713. The van der Waals surface area contributed by atoms with E-state index in [9.17, 15) is 9.90 Å². The van der Waals surface area contributed by atoms with Crippen LogP contribution in [-0.4, -0.2) is 67.3 Å². The van der Waals surface area contributed by atoms with Crippen LogP contribution in [0.15, 0.2) is 12.5 Å². The van der Waals surface area contributed by atoms with Gasteiger partial charge >= 0.3 is 6.09 Å². The van der Waals surface area contributed by atoms with Gasteiger partial charge in [-0.05, 0) is 34.6 Å². The number of carbonyl (C=O) groups excluding carboxylic acids is 1. The Morgan fingerprint density at radius 2 is 2.03 bits per heavy atom. The smallest absolute Gasteiger partial charge is 0.411 e. The van der Waals surface area contributed by atoms with Crippen LogP contribution in [0, 0.1) is 0 Å². The number of ether oxygens (including phenoxy) is 3. The molecule has 2 fully saturated rings. The molecule has 0 aromatic carbocycles. The zero-order valence-corrected chi connectivity index (χ0v) is 17.7. The van der Waals surface area contributed by atoms with Crippen molar-refractivity contribution >= 4 is 28.7 Å². The SMILES string of the molecule is CC(C)(C)OC(=O)N1[C@H](CO)[C@H]2OC(C)(C)O[C@H]2[C@H]1c1c[nH]c2c(Cl)ncnc12. The summed E-state index contributed by atoms with van der Waals surface area (Å²) in [4.78, 5) is 26.1.